The highest BCUT2D eigenvalue weighted by Gasteiger charge is 2.48. The second-order valence-corrected chi connectivity index (χ2v) is 3.65. The van der Waals surface area contributed by atoms with E-state index < -0.39 is 11.6 Å². The summed E-state index contributed by atoms with van der Waals surface area (Å²) in [7, 11) is 0. The minimum Gasteiger partial charge on any atom is -0.299 e. The SMILES string of the molecule is CC1(C(F)(F)F)C=CC(/C=C/C=O)=CC1. The zero-order valence-corrected chi connectivity index (χ0v) is 8.21. The minimum absolute atomic E-state index is 0.0917. The number of rotatable bonds is 2. The number of carbonyl (C=O) groups excluding carboxylic acids is 1. The second kappa shape index (κ2) is 4.04. The summed E-state index contributed by atoms with van der Waals surface area (Å²) in [4.78, 5) is 10.0. The summed E-state index contributed by atoms with van der Waals surface area (Å²) >= 11 is 0. The highest BCUT2D eigenvalue weighted by atomic mass is 19.4. The van der Waals surface area contributed by atoms with Crippen molar-refractivity contribution >= 4 is 6.29 Å². The monoisotopic (exact) mass is 216 g/mol. The Morgan fingerprint density at radius 3 is 2.53 bits per heavy atom. The smallest absolute Gasteiger partial charge is 0.299 e. The van der Waals surface area contributed by atoms with Gasteiger partial charge in [0.2, 0.25) is 0 Å². The number of halogens is 3. The van der Waals surface area contributed by atoms with Crippen LogP contribution in [-0.2, 0) is 4.79 Å². The lowest BCUT2D eigenvalue weighted by molar-refractivity contribution is -0.199. The fourth-order valence-corrected chi connectivity index (χ4v) is 1.23. The maximum atomic E-state index is 12.5. The predicted molar refractivity (Wildman–Crippen MR) is 51.2 cm³/mol. The first-order valence-corrected chi connectivity index (χ1v) is 4.47. The molecule has 0 bridgehead atoms. The predicted octanol–water partition coefficient (Wildman–Crippen LogP) is 3.20. The van der Waals surface area contributed by atoms with Gasteiger partial charge in [-0.1, -0.05) is 24.3 Å². The van der Waals surface area contributed by atoms with Gasteiger partial charge >= 0.3 is 6.18 Å². The molecule has 1 aliphatic rings. The van der Waals surface area contributed by atoms with Gasteiger partial charge < -0.3 is 0 Å². The number of hydrogen-bond donors (Lipinski definition) is 0. The molecule has 1 unspecified atom stereocenters. The zero-order valence-electron chi connectivity index (χ0n) is 8.21. The first-order valence-electron chi connectivity index (χ1n) is 4.47. The molecule has 1 nitrogen and oxygen atoms in total. The van der Waals surface area contributed by atoms with Crippen molar-refractivity contribution in [2.24, 2.45) is 5.41 Å². The average molecular weight is 216 g/mol. The van der Waals surface area contributed by atoms with Crippen molar-refractivity contribution < 1.29 is 18.0 Å². The Bertz CT molecular complexity index is 336. The number of allylic oxidation sites excluding steroid dienone is 6. The molecule has 0 N–H and O–H groups in total. The fraction of sp³-hybridized carbons (Fsp3) is 0.364. The standard InChI is InChI=1S/C11H11F3O/c1-10(11(12,13)14)6-4-9(5-7-10)3-2-8-15/h2-6,8H,7H2,1H3/b3-2+. The molecule has 0 aliphatic heterocycles. The summed E-state index contributed by atoms with van der Waals surface area (Å²) in [6, 6.07) is 0. The molecule has 0 saturated carbocycles. The van der Waals surface area contributed by atoms with Crippen LogP contribution in [0, 0.1) is 5.41 Å². The molecule has 82 valence electrons. The number of carbonyl (C=O) groups is 1. The van der Waals surface area contributed by atoms with E-state index in [0.717, 1.165) is 13.0 Å². The molecule has 0 saturated heterocycles. The van der Waals surface area contributed by atoms with Crippen LogP contribution in [0.25, 0.3) is 0 Å². The van der Waals surface area contributed by atoms with Crippen LogP contribution in [0.3, 0.4) is 0 Å². The van der Waals surface area contributed by atoms with E-state index in [-0.39, 0.29) is 6.42 Å². The first-order chi connectivity index (χ1) is 6.89. The lowest BCUT2D eigenvalue weighted by Crippen LogP contribution is -2.33. The van der Waals surface area contributed by atoms with Crippen LogP contribution in [0.2, 0.25) is 0 Å². The van der Waals surface area contributed by atoms with Crippen LogP contribution in [0.1, 0.15) is 13.3 Å². The van der Waals surface area contributed by atoms with E-state index in [1.807, 2.05) is 0 Å². The molecule has 0 spiro atoms. The van der Waals surface area contributed by atoms with Gasteiger partial charge in [0.15, 0.2) is 0 Å². The summed E-state index contributed by atoms with van der Waals surface area (Å²) in [6.45, 7) is 1.15. The van der Waals surface area contributed by atoms with Crippen molar-refractivity contribution in [3.05, 3.63) is 36.0 Å². The van der Waals surface area contributed by atoms with Crippen molar-refractivity contribution in [3.8, 4) is 0 Å². The van der Waals surface area contributed by atoms with Gasteiger partial charge in [-0.3, -0.25) is 4.79 Å². The van der Waals surface area contributed by atoms with Gasteiger partial charge in [0.1, 0.15) is 6.29 Å². The van der Waals surface area contributed by atoms with Gasteiger partial charge in [-0.25, -0.2) is 0 Å². The molecule has 15 heavy (non-hydrogen) atoms. The van der Waals surface area contributed by atoms with Crippen LogP contribution < -0.4 is 0 Å². The van der Waals surface area contributed by atoms with E-state index in [1.165, 1.54) is 24.3 Å². The van der Waals surface area contributed by atoms with Crippen LogP contribution in [0.15, 0.2) is 36.0 Å². The van der Waals surface area contributed by atoms with Crippen LogP contribution in [0.5, 0.6) is 0 Å². The average Bonchev–Trinajstić information content (AvgIpc) is 2.15. The molecule has 0 aromatic heterocycles. The van der Waals surface area contributed by atoms with Crippen LogP contribution >= 0.6 is 0 Å². The Kier molecular flexibility index (Phi) is 3.17. The van der Waals surface area contributed by atoms with E-state index in [2.05, 4.69) is 0 Å². The first kappa shape index (κ1) is 11.8. The summed E-state index contributed by atoms with van der Waals surface area (Å²) < 4.78 is 37.6. The third kappa shape index (κ3) is 2.58. The summed E-state index contributed by atoms with van der Waals surface area (Å²) in [5.74, 6) is 0. The third-order valence-electron chi connectivity index (χ3n) is 2.42. The van der Waals surface area contributed by atoms with Gasteiger partial charge in [-0.05, 0) is 25.0 Å². The van der Waals surface area contributed by atoms with Gasteiger partial charge in [0.25, 0.3) is 0 Å². The molecule has 0 aromatic rings. The molecule has 0 aromatic carbocycles. The number of hydrogen-bond acceptors (Lipinski definition) is 1. The van der Waals surface area contributed by atoms with Crippen molar-refractivity contribution in [1.82, 2.24) is 0 Å². The van der Waals surface area contributed by atoms with Gasteiger partial charge in [-0.15, -0.1) is 0 Å². The Morgan fingerprint density at radius 2 is 2.13 bits per heavy atom. The normalized spacial score (nSPS) is 26.8. The van der Waals surface area contributed by atoms with E-state index in [1.54, 1.807) is 0 Å². The molecule has 0 radical (unpaired) electrons. The fourth-order valence-electron chi connectivity index (χ4n) is 1.23. The van der Waals surface area contributed by atoms with Crippen LogP contribution in [-0.4, -0.2) is 12.5 Å². The Balaban J connectivity index is 2.79. The van der Waals surface area contributed by atoms with Gasteiger partial charge in [0, 0.05) is 0 Å². The highest BCUT2D eigenvalue weighted by molar-refractivity contribution is 5.66. The summed E-state index contributed by atoms with van der Waals surface area (Å²) in [5.41, 5.74) is -1.16. The van der Waals surface area contributed by atoms with Crippen molar-refractivity contribution in [1.29, 1.82) is 0 Å². The Labute approximate surface area is 86.0 Å². The molecular formula is C11H11F3O. The van der Waals surface area contributed by atoms with Crippen molar-refractivity contribution in [3.63, 3.8) is 0 Å². The molecule has 1 rings (SSSR count). The maximum absolute atomic E-state index is 12.5. The third-order valence-corrected chi connectivity index (χ3v) is 2.42. The molecule has 0 amide bonds. The Hall–Kier alpha value is -1.32. The van der Waals surface area contributed by atoms with Crippen LogP contribution in [0.4, 0.5) is 13.2 Å². The quantitative estimate of drug-likeness (QED) is 0.511. The molecule has 4 heteroatoms. The van der Waals surface area contributed by atoms with E-state index in [0.29, 0.717) is 11.9 Å². The highest BCUT2D eigenvalue weighted by Crippen LogP contribution is 2.44. The largest absolute Gasteiger partial charge is 0.397 e. The summed E-state index contributed by atoms with van der Waals surface area (Å²) in [6.07, 6.45) is 3.01. The molecule has 0 fully saturated rings. The lowest BCUT2D eigenvalue weighted by atomic mass is 9.81. The van der Waals surface area contributed by atoms with E-state index >= 15 is 0 Å². The number of aldehydes is 1. The van der Waals surface area contributed by atoms with Gasteiger partial charge in [-0.2, -0.15) is 13.2 Å². The van der Waals surface area contributed by atoms with E-state index in [4.69, 9.17) is 0 Å². The maximum Gasteiger partial charge on any atom is 0.397 e. The van der Waals surface area contributed by atoms with Gasteiger partial charge in [0.05, 0.1) is 5.41 Å². The van der Waals surface area contributed by atoms with Crippen molar-refractivity contribution in [2.75, 3.05) is 0 Å². The minimum atomic E-state index is -4.24. The molecular weight excluding hydrogens is 205 g/mol. The second-order valence-electron chi connectivity index (χ2n) is 3.65. The zero-order chi connectivity index (χ0) is 11.5. The number of alkyl halides is 3. The molecule has 0 heterocycles. The topological polar surface area (TPSA) is 17.1 Å². The Morgan fingerprint density at radius 1 is 1.47 bits per heavy atom. The summed E-state index contributed by atoms with van der Waals surface area (Å²) in [5, 5.41) is 0. The molecule has 1 atom stereocenters. The van der Waals surface area contributed by atoms with Crippen molar-refractivity contribution in [2.45, 2.75) is 19.5 Å². The van der Waals surface area contributed by atoms with E-state index in [9.17, 15) is 18.0 Å². The molecule has 1 aliphatic carbocycles. The lowest BCUT2D eigenvalue weighted by Gasteiger charge is -2.30.